The van der Waals surface area contributed by atoms with Gasteiger partial charge in [-0.3, -0.25) is 9.88 Å². The zero-order valence-electron chi connectivity index (χ0n) is 20.5. The minimum atomic E-state index is 0.578. The van der Waals surface area contributed by atoms with E-state index in [0.717, 1.165) is 66.9 Å². The minimum Gasteiger partial charge on any atom is -0.492 e. The van der Waals surface area contributed by atoms with Gasteiger partial charge in [-0.1, -0.05) is 25.1 Å². The topological polar surface area (TPSA) is 52.4 Å². The third-order valence-electron chi connectivity index (χ3n) is 7.10. The molecule has 0 amide bonds. The highest BCUT2D eigenvalue weighted by Gasteiger charge is 2.18. The Morgan fingerprint density at radius 3 is 2.56 bits per heavy atom. The van der Waals surface area contributed by atoms with E-state index in [4.69, 9.17) is 4.74 Å². The van der Waals surface area contributed by atoms with E-state index in [9.17, 15) is 5.26 Å². The molecule has 3 aromatic rings. The highest BCUT2D eigenvalue weighted by atomic mass is 16.5. The third-order valence-corrected chi connectivity index (χ3v) is 7.10. The Morgan fingerprint density at radius 2 is 1.82 bits per heavy atom. The number of pyridine rings is 1. The van der Waals surface area contributed by atoms with Crippen LogP contribution in [-0.4, -0.2) is 60.7 Å². The zero-order valence-corrected chi connectivity index (χ0v) is 20.5. The number of nitriles is 1. The van der Waals surface area contributed by atoms with Crippen molar-refractivity contribution >= 4 is 10.9 Å². The second kappa shape index (κ2) is 12.0. The monoisotopic (exact) mass is 456 g/mol. The molecule has 0 bridgehead atoms. The van der Waals surface area contributed by atoms with Gasteiger partial charge in [0, 0.05) is 44.3 Å². The second-order valence-electron chi connectivity index (χ2n) is 9.29. The third kappa shape index (κ3) is 6.14. The van der Waals surface area contributed by atoms with Gasteiger partial charge in [0.15, 0.2) is 0 Å². The summed E-state index contributed by atoms with van der Waals surface area (Å²) in [6.45, 7) is 11.6. The fourth-order valence-corrected chi connectivity index (χ4v) is 4.96. The molecule has 2 aromatic carbocycles. The van der Waals surface area contributed by atoms with Crippen LogP contribution < -0.4 is 4.74 Å². The molecule has 1 unspecified atom stereocenters. The van der Waals surface area contributed by atoms with Gasteiger partial charge in [-0.15, -0.1) is 0 Å². The fourth-order valence-electron chi connectivity index (χ4n) is 4.96. The van der Waals surface area contributed by atoms with Gasteiger partial charge in [0.25, 0.3) is 0 Å². The van der Waals surface area contributed by atoms with Crippen LogP contribution in [0.4, 0.5) is 0 Å². The first kappa shape index (κ1) is 24.2. The molecule has 1 fully saturated rings. The molecule has 0 aliphatic carbocycles. The quantitative estimate of drug-likeness (QED) is 0.410. The Kier molecular flexibility index (Phi) is 8.51. The smallest absolute Gasteiger partial charge is 0.128 e. The number of aryl methyl sites for hydroxylation is 1. The molecular formula is C29H36N4O. The van der Waals surface area contributed by atoms with E-state index in [-0.39, 0.29) is 0 Å². The molecule has 1 saturated heterocycles. The van der Waals surface area contributed by atoms with Crippen LogP contribution in [0.5, 0.6) is 5.75 Å². The van der Waals surface area contributed by atoms with Crippen LogP contribution in [-0.2, 0) is 0 Å². The summed E-state index contributed by atoms with van der Waals surface area (Å²) in [5.41, 5.74) is 4.24. The van der Waals surface area contributed by atoms with Crippen LogP contribution in [0.15, 0.2) is 54.7 Å². The Hall–Kier alpha value is -2.94. The predicted octanol–water partition coefficient (Wildman–Crippen LogP) is 5.39. The molecule has 1 aromatic heterocycles. The Bertz CT molecular complexity index is 1110. The maximum absolute atomic E-state index is 9.18. The van der Waals surface area contributed by atoms with E-state index in [1.807, 2.05) is 43.5 Å². The summed E-state index contributed by atoms with van der Waals surface area (Å²) in [6.07, 6.45) is 5.39. The van der Waals surface area contributed by atoms with Gasteiger partial charge in [0.1, 0.15) is 12.4 Å². The Morgan fingerprint density at radius 1 is 1.03 bits per heavy atom. The average Bonchev–Trinajstić information content (AvgIpc) is 2.87. The number of hydrogen-bond acceptors (Lipinski definition) is 5. The van der Waals surface area contributed by atoms with Crippen molar-refractivity contribution in [1.82, 2.24) is 14.8 Å². The number of nitrogens with zero attached hydrogens (tertiary/aromatic N) is 4. The van der Waals surface area contributed by atoms with E-state index in [2.05, 4.69) is 46.0 Å². The fraction of sp³-hybridized carbons (Fsp3) is 0.448. The summed E-state index contributed by atoms with van der Waals surface area (Å²) in [7, 11) is 0. The van der Waals surface area contributed by atoms with Crippen molar-refractivity contribution in [3.8, 4) is 11.8 Å². The molecule has 1 atom stereocenters. The predicted molar refractivity (Wildman–Crippen MR) is 138 cm³/mol. The van der Waals surface area contributed by atoms with Crippen molar-refractivity contribution in [2.45, 2.75) is 39.0 Å². The van der Waals surface area contributed by atoms with Crippen LogP contribution >= 0.6 is 0 Å². The number of rotatable bonds is 10. The molecule has 1 aliphatic rings. The number of hydrogen-bond donors (Lipinski definition) is 0. The average molecular weight is 457 g/mol. The second-order valence-corrected chi connectivity index (χ2v) is 9.29. The van der Waals surface area contributed by atoms with Crippen LogP contribution in [0, 0.1) is 18.3 Å². The number of fused-ring (bicyclic) bond motifs is 1. The molecule has 0 saturated carbocycles. The number of aromatic nitrogens is 1. The van der Waals surface area contributed by atoms with Crippen LogP contribution in [0.1, 0.15) is 48.8 Å². The first-order valence-electron chi connectivity index (χ1n) is 12.6. The largest absolute Gasteiger partial charge is 0.492 e. The highest BCUT2D eigenvalue weighted by molar-refractivity contribution is 5.84. The minimum absolute atomic E-state index is 0.578. The van der Waals surface area contributed by atoms with Gasteiger partial charge in [-0.05, 0) is 80.1 Å². The molecule has 2 heterocycles. The van der Waals surface area contributed by atoms with Gasteiger partial charge >= 0.3 is 0 Å². The molecule has 34 heavy (non-hydrogen) atoms. The summed E-state index contributed by atoms with van der Waals surface area (Å²) >= 11 is 0. The van der Waals surface area contributed by atoms with E-state index < -0.39 is 0 Å². The summed E-state index contributed by atoms with van der Waals surface area (Å²) < 4.78 is 6.10. The number of piperazine rings is 1. The molecule has 178 valence electrons. The van der Waals surface area contributed by atoms with Crippen LogP contribution in [0.3, 0.4) is 0 Å². The lowest BCUT2D eigenvalue weighted by Gasteiger charge is -2.34. The lowest BCUT2D eigenvalue weighted by molar-refractivity contribution is 0.115. The Balaban J connectivity index is 1.16. The van der Waals surface area contributed by atoms with Crippen LogP contribution in [0.25, 0.3) is 10.9 Å². The maximum atomic E-state index is 9.18. The molecular weight excluding hydrogens is 420 g/mol. The molecule has 0 radical (unpaired) electrons. The SMILES string of the molecule is CCC(CCCN1CCN(CCOc2cccc3ncccc23)CC1)c1ccc(C#N)c(C)c1. The standard InChI is InChI=1S/C29H36N4O/c1-3-24(25-11-12-26(22-30)23(2)21-25)7-6-14-32-15-17-33(18-16-32)19-20-34-29-10-4-9-28-27(29)8-5-13-31-28/h4-5,8-13,21,24H,3,6-7,14-20H2,1-2H3. The molecule has 0 N–H and O–H groups in total. The van der Waals surface area contributed by atoms with Crippen molar-refractivity contribution in [2.75, 3.05) is 45.9 Å². The van der Waals surface area contributed by atoms with Crippen molar-refractivity contribution in [3.05, 3.63) is 71.4 Å². The summed E-state index contributed by atoms with van der Waals surface area (Å²) in [5.74, 6) is 1.50. The van der Waals surface area contributed by atoms with Gasteiger partial charge in [0.05, 0.1) is 17.1 Å². The van der Waals surface area contributed by atoms with E-state index in [0.29, 0.717) is 12.5 Å². The maximum Gasteiger partial charge on any atom is 0.128 e. The van der Waals surface area contributed by atoms with E-state index in [1.165, 1.54) is 24.9 Å². The molecule has 0 spiro atoms. The lowest BCUT2D eigenvalue weighted by atomic mass is 9.90. The number of ether oxygens (including phenoxy) is 1. The van der Waals surface area contributed by atoms with Crippen molar-refractivity contribution in [1.29, 1.82) is 5.26 Å². The summed E-state index contributed by atoms with van der Waals surface area (Å²) in [5, 5.41) is 10.3. The number of benzene rings is 2. The molecule has 5 heteroatoms. The molecule has 5 nitrogen and oxygen atoms in total. The first-order valence-corrected chi connectivity index (χ1v) is 12.6. The molecule has 4 rings (SSSR count). The van der Waals surface area contributed by atoms with Crippen molar-refractivity contribution in [2.24, 2.45) is 0 Å². The van der Waals surface area contributed by atoms with Gasteiger partial charge in [-0.2, -0.15) is 5.26 Å². The Labute approximate surface area is 204 Å². The normalized spacial score (nSPS) is 15.8. The molecule has 1 aliphatic heterocycles. The van der Waals surface area contributed by atoms with Crippen LogP contribution in [0.2, 0.25) is 0 Å². The summed E-state index contributed by atoms with van der Waals surface area (Å²) in [6, 6.07) is 18.7. The first-order chi connectivity index (χ1) is 16.7. The highest BCUT2D eigenvalue weighted by Crippen LogP contribution is 2.27. The van der Waals surface area contributed by atoms with Crippen molar-refractivity contribution < 1.29 is 4.74 Å². The van der Waals surface area contributed by atoms with Gasteiger partial charge < -0.3 is 9.64 Å². The van der Waals surface area contributed by atoms with E-state index >= 15 is 0 Å². The van der Waals surface area contributed by atoms with Gasteiger partial charge in [-0.25, -0.2) is 0 Å². The van der Waals surface area contributed by atoms with Crippen molar-refractivity contribution in [3.63, 3.8) is 0 Å². The summed E-state index contributed by atoms with van der Waals surface area (Å²) in [4.78, 5) is 9.52. The lowest BCUT2D eigenvalue weighted by Crippen LogP contribution is -2.47. The zero-order chi connectivity index (χ0) is 23.8. The van der Waals surface area contributed by atoms with Gasteiger partial charge in [0.2, 0.25) is 0 Å². The van der Waals surface area contributed by atoms with E-state index in [1.54, 1.807) is 0 Å².